The summed E-state index contributed by atoms with van der Waals surface area (Å²) >= 11 is 11.7. The molecule has 0 fully saturated rings. The Morgan fingerprint density at radius 3 is 2.82 bits per heavy atom. The molecule has 6 nitrogen and oxygen atoms in total. The van der Waals surface area contributed by atoms with Crippen LogP contribution in [0, 0.1) is 0 Å². The van der Waals surface area contributed by atoms with Crippen molar-refractivity contribution in [1.82, 2.24) is 20.2 Å². The maximum atomic E-state index is 10.5. The van der Waals surface area contributed by atoms with E-state index in [1.165, 1.54) is 0 Å². The predicted molar refractivity (Wildman–Crippen MR) is 60.5 cm³/mol. The lowest BCUT2D eigenvalue weighted by atomic mass is 10.3. The van der Waals surface area contributed by atoms with Crippen molar-refractivity contribution in [3.8, 4) is 5.69 Å². The summed E-state index contributed by atoms with van der Waals surface area (Å²) in [5.41, 5.74) is 0.486. The topological polar surface area (TPSA) is 80.9 Å². The summed E-state index contributed by atoms with van der Waals surface area (Å²) in [5.74, 6) is -0.907. The molecule has 0 aliphatic rings. The van der Waals surface area contributed by atoms with E-state index in [0.29, 0.717) is 15.7 Å². The third-order valence-corrected chi connectivity index (χ3v) is 2.43. The second-order valence-corrected chi connectivity index (χ2v) is 4.00. The van der Waals surface area contributed by atoms with Gasteiger partial charge in [0.05, 0.1) is 5.02 Å². The van der Waals surface area contributed by atoms with E-state index in [1.54, 1.807) is 18.2 Å². The van der Waals surface area contributed by atoms with Crippen molar-refractivity contribution in [3.63, 3.8) is 0 Å². The zero-order chi connectivity index (χ0) is 12.4. The molecule has 0 saturated carbocycles. The Labute approximate surface area is 106 Å². The van der Waals surface area contributed by atoms with Gasteiger partial charge in [0, 0.05) is 5.02 Å². The van der Waals surface area contributed by atoms with Crippen LogP contribution in [-0.4, -0.2) is 31.3 Å². The van der Waals surface area contributed by atoms with Crippen LogP contribution in [0.2, 0.25) is 10.0 Å². The summed E-state index contributed by atoms with van der Waals surface area (Å²) in [4.78, 5) is 11.6. The number of rotatable bonds is 3. The molecule has 1 heterocycles. The van der Waals surface area contributed by atoms with E-state index in [2.05, 4.69) is 15.4 Å². The third-order valence-electron chi connectivity index (χ3n) is 1.89. The minimum Gasteiger partial charge on any atom is -0.481 e. The van der Waals surface area contributed by atoms with Crippen LogP contribution >= 0.6 is 23.2 Å². The monoisotopic (exact) mass is 272 g/mol. The van der Waals surface area contributed by atoms with Crippen molar-refractivity contribution in [1.29, 1.82) is 0 Å². The number of carbonyl (C=O) groups is 1. The number of aliphatic carboxylic acids is 1. The Kier molecular flexibility index (Phi) is 3.26. The molecule has 0 radical (unpaired) electrons. The highest BCUT2D eigenvalue weighted by Gasteiger charge is 2.10. The molecule has 88 valence electrons. The van der Waals surface area contributed by atoms with Crippen molar-refractivity contribution in [3.05, 3.63) is 34.1 Å². The van der Waals surface area contributed by atoms with E-state index >= 15 is 0 Å². The van der Waals surface area contributed by atoms with E-state index in [-0.39, 0.29) is 12.2 Å². The fraction of sp³-hybridized carbons (Fsp3) is 0.111. The summed E-state index contributed by atoms with van der Waals surface area (Å²) in [5, 5.41) is 20.6. The van der Waals surface area contributed by atoms with Gasteiger partial charge < -0.3 is 5.11 Å². The van der Waals surface area contributed by atoms with Gasteiger partial charge in [-0.15, -0.1) is 15.0 Å². The SMILES string of the molecule is O=C(O)Cc1nnn(-c2ccc(Cl)cc2Cl)n1. The van der Waals surface area contributed by atoms with Crippen LogP contribution in [0.3, 0.4) is 0 Å². The minimum absolute atomic E-state index is 0.114. The van der Waals surface area contributed by atoms with Crippen molar-refractivity contribution >= 4 is 29.2 Å². The second-order valence-electron chi connectivity index (χ2n) is 3.16. The van der Waals surface area contributed by atoms with E-state index in [4.69, 9.17) is 28.3 Å². The average molecular weight is 273 g/mol. The minimum atomic E-state index is -1.02. The highest BCUT2D eigenvalue weighted by molar-refractivity contribution is 6.35. The van der Waals surface area contributed by atoms with E-state index in [9.17, 15) is 4.79 Å². The Balaban J connectivity index is 2.33. The maximum Gasteiger partial charge on any atom is 0.311 e. The summed E-state index contributed by atoms with van der Waals surface area (Å²) in [6, 6.07) is 4.79. The number of tetrazole rings is 1. The normalized spacial score (nSPS) is 10.5. The molecule has 2 aromatic rings. The van der Waals surface area contributed by atoms with Crippen LogP contribution in [-0.2, 0) is 11.2 Å². The number of hydrogen-bond donors (Lipinski definition) is 1. The lowest BCUT2D eigenvalue weighted by Gasteiger charge is -2.01. The Morgan fingerprint density at radius 2 is 2.18 bits per heavy atom. The summed E-state index contributed by atoms with van der Waals surface area (Å²) in [6.07, 6.45) is -0.286. The largest absolute Gasteiger partial charge is 0.481 e. The van der Waals surface area contributed by atoms with Gasteiger partial charge in [-0.05, 0) is 23.4 Å². The Bertz CT molecular complexity index is 570. The Hall–Kier alpha value is -1.66. The van der Waals surface area contributed by atoms with Gasteiger partial charge in [0.25, 0.3) is 0 Å². The van der Waals surface area contributed by atoms with Gasteiger partial charge in [-0.25, -0.2) is 0 Å². The third kappa shape index (κ3) is 2.72. The first-order valence-corrected chi connectivity index (χ1v) is 5.28. The molecule has 0 aliphatic heterocycles. The maximum absolute atomic E-state index is 10.5. The second kappa shape index (κ2) is 4.68. The van der Waals surface area contributed by atoms with Gasteiger partial charge in [0.15, 0.2) is 5.82 Å². The molecular weight excluding hydrogens is 267 g/mol. The molecule has 8 heteroatoms. The quantitative estimate of drug-likeness (QED) is 0.918. The molecule has 0 bridgehead atoms. The summed E-state index contributed by atoms with van der Waals surface area (Å²) in [7, 11) is 0. The standard InChI is InChI=1S/C9H6Cl2N4O2/c10-5-1-2-7(6(11)3-5)15-13-8(12-14-15)4-9(16)17/h1-3H,4H2,(H,16,17). The molecule has 0 amide bonds. The van der Waals surface area contributed by atoms with Gasteiger partial charge in [-0.3, -0.25) is 4.79 Å². The van der Waals surface area contributed by atoms with Crippen LogP contribution in [0.5, 0.6) is 0 Å². The van der Waals surface area contributed by atoms with Crippen molar-refractivity contribution in [2.75, 3.05) is 0 Å². The molecular formula is C9H6Cl2N4O2. The van der Waals surface area contributed by atoms with Gasteiger partial charge in [0.1, 0.15) is 12.1 Å². The number of benzene rings is 1. The zero-order valence-corrected chi connectivity index (χ0v) is 9.85. The van der Waals surface area contributed by atoms with Gasteiger partial charge >= 0.3 is 5.97 Å². The molecule has 0 aliphatic carbocycles. The van der Waals surface area contributed by atoms with Gasteiger partial charge in [0.2, 0.25) is 0 Å². The van der Waals surface area contributed by atoms with Gasteiger partial charge in [-0.1, -0.05) is 23.2 Å². The van der Waals surface area contributed by atoms with Crippen LogP contribution in [0.1, 0.15) is 5.82 Å². The fourth-order valence-electron chi connectivity index (χ4n) is 1.19. The number of carboxylic acids is 1. The molecule has 1 aromatic heterocycles. The fourth-order valence-corrected chi connectivity index (χ4v) is 1.68. The smallest absolute Gasteiger partial charge is 0.311 e. The highest BCUT2D eigenvalue weighted by Crippen LogP contribution is 2.22. The summed E-state index contributed by atoms with van der Waals surface area (Å²) < 4.78 is 0. The van der Waals surface area contributed by atoms with Crippen molar-refractivity contribution in [2.24, 2.45) is 0 Å². The molecule has 1 aromatic carbocycles. The number of halogens is 2. The van der Waals surface area contributed by atoms with Crippen LogP contribution in [0.25, 0.3) is 5.69 Å². The predicted octanol–water partition coefficient (Wildman–Crippen LogP) is 1.60. The molecule has 0 saturated heterocycles. The van der Waals surface area contributed by atoms with E-state index in [0.717, 1.165) is 4.80 Å². The first-order valence-electron chi connectivity index (χ1n) is 4.52. The van der Waals surface area contributed by atoms with Crippen LogP contribution in [0.4, 0.5) is 0 Å². The molecule has 0 unspecified atom stereocenters. The first-order chi connectivity index (χ1) is 8.06. The molecule has 1 N–H and O–H groups in total. The highest BCUT2D eigenvalue weighted by atomic mass is 35.5. The number of carboxylic acid groups (broad SMARTS) is 1. The lowest BCUT2D eigenvalue weighted by molar-refractivity contribution is -0.136. The van der Waals surface area contributed by atoms with Crippen molar-refractivity contribution in [2.45, 2.75) is 6.42 Å². The lowest BCUT2D eigenvalue weighted by Crippen LogP contribution is -2.03. The zero-order valence-electron chi connectivity index (χ0n) is 8.34. The van der Waals surface area contributed by atoms with E-state index < -0.39 is 5.97 Å². The molecule has 0 atom stereocenters. The van der Waals surface area contributed by atoms with Crippen LogP contribution < -0.4 is 0 Å². The Morgan fingerprint density at radius 1 is 1.41 bits per heavy atom. The summed E-state index contributed by atoms with van der Waals surface area (Å²) in [6.45, 7) is 0. The van der Waals surface area contributed by atoms with Crippen LogP contribution in [0.15, 0.2) is 18.2 Å². The molecule has 0 spiro atoms. The number of nitrogens with zero attached hydrogens (tertiary/aromatic N) is 4. The first kappa shape index (κ1) is 11.8. The number of hydrogen-bond acceptors (Lipinski definition) is 4. The number of aromatic nitrogens is 4. The van der Waals surface area contributed by atoms with E-state index in [1.807, 2.05) is 0 Å². The molecule has 2 rings (SSSR count). The molecule has 17 heavy (non-hydrogen) atoms. The average Bonchev–Trinajstić information content (AvgIpc) is 2.65. The van der Waals surface area contributed by atoms with Crippen molar-refractivity contribution < 1.29 is 9.90 Å². The van der Waals surface area contributed by atoms with Gasteiger partial charge in [-0.2, -0.15) is 0 Å².